The van der Waals surface area contributed by atoms with Crippen molar-refractivity contribution in [2.45, 2.75) is 73.7 Å². The molecule has 2 N–H and O–H groups in total. The van der Waals surface area contributed by atoms with Crippen molar-refractivity contribution in [2.75, 3.05) is 0 Å². The third-order valence-electron chi connectivity index (χ3n) is 7.66. The van der Waals surface area contributed by atoms with Crippen LogP contribution in [0.15, 0.2) is 47.5 Å². The summed E-state index contributed by atoms with van der Waals surface area (Å²) >= 11 is 6.35. The molecule has 3 fully saturated rings. The van der Waals surface area contributed by atoms with E-state index < -0.39 is 27.9 Å². The number of hydrogen-bond donors (Lipinski definition) is 2. The molecule has 2 aromatic carbocycles. The number of aliphatic hydroxyl groups is 1. The third kappa shape index (κ3) is 4.47. The minimum atomic E-state index is -4.46. The molecule has 3 aromatic rings. The van der Waals surface area contributed by atoms with E-state index >= 15 is 0 Å². The maximum absolute atomic E-state index is 13.7. The second-order valence-electron chi connectivity index (χ2n) is 10.2. The Hall–Kier alpha value is -2.40. The monoisotopic (exact) mass is 551 g/mol. The van der Waals surface area contributed by atoms with Crippen molar-refractivity contribution in [1.82, 2.24) is 14.3 Å². The highest BCUT2D eigenvalue weighted by molar-refractivity contribution is 7.89. The zero-order valence-electron chi connectivity index (χ0n) is 19.7. The lowest BCUT2D eigenvalue weighted by atomic mass is 9.99. The number of aromatic amines is 1. The molecule has 3 aliphatic rings. The van der Waals surface area contributed by atoms with E-state index in [1.54, 1.807) is 12.1 Å². The lowest BCUT2D eigenvalue weighted by molar-refractivity contribution is -0.138. The van der Waals surface area contributed by atoms with Crippen LogP contribution in [0, 0.1) is 0 Å². The van der Waals surface area contributed by atoms with Gasteiger partial charge in [0.05, 0.1) is 28.6 Å². The molecule has 3 heterocycles. The minimum absolute atomic E-state index is 0.0455. The van der Waals surface area contributed by atoms with Crippen molar-refractivity contribution in [3.63, 3.8) is 0 Å². The number of nitrogens with one attached hydrogen (secondary N) is 1. The Morgan fingerprint density at radius 2 is 1.68 bits per heavy atom. The van der Waals surface area contributed by atoms with Gasteiger partial charge in [0, 0.05) is 23.2 Å². The number of imidazole rings is 1. The number of H-pyrrole nitrogens is 1. The van der Waals surface area contributed by atoms with E-state index in [4.69, 9.17) is 11.6 Å². The molecule has 1 aromatic heterocycles. The van der Waals surface area contributed by atoms with Gasteiger partial charge in [0.15, 0.2) is 0 Å². The van der Waals surface area contributed by atoms with Crippen LogP contribution < -0.4 is 0 Å². The van der Waals surface area contributed by atoms with Gasteiger partial charge in [-0.15, -0.1) is 0 Å². The van der Waals surface area contributed by atoms with Crippen LogP contribution in [0.1, 0.15) is 55.6 Å². The van der Waals surface area contributed by atoms with E-state index in [9.17, 15) is 26.7 Å². The van der Waals surface area contributed by atoms with Gasteiger partial charge < -0.3 is 10.1 Å². The molecule has 0 radical (unpaired) electrons. The molecule has 1 unspecified atom stereocenters. The van der Waals surface area contributed by atoms with E-state index in [2.05, 4.69) is 9.97 Å². The van der Waals surface area contributed by atoms with Crippen molar-refractivity contribution in [3.05, 3.63) is 58.7 Å². The topological polar surface area (TPSA) is 86.3 Å². The largest absolute Gasteiger partial charge is 0.416 e. The summed E-state index contributed by atoms with van der Waals surface area (Å²) in [6.45, 7) is 0. The first-order valence-electron chi connectivity index (χ1n) is 12.3. The van der Waals surface area contributed by atoms with Gasteiger partial charge >= 0.3 is 6.18 Å². The smallest absolute Gasteiger partial charge is 0.393 e. The maximum atomic E-state index is 13.7. The summed E-state index contributed by atoms with van der Waals surface area (Å²) in [6, 6.07) is 8.34. The van der Waals surface area contributed by atoms with E-state index in [1.165, 1.54) is 28.7 Å². The summed E-state index contributed by atoms with van der Waals surface area (Å²) in [4.78, 5) is 7.31. The second-order valence-corrected chi connectivity index (χ2v) is 12.4. The SMILES string of the molecule is O=S(=O)(c1cc(-c2ncc(-c3ccc(C4CC4)c(C(F)(F)F)c3)[nH]2)ccc1Cl)N1C2CC[C@H]1C[C@@H](O)C2. The molecule has 6 nitrogen and oxygen atoms in total. The number of piperidine rings is 1. The lowest BCUT2D eigenvalue weighted by Gasteiger charge is -2.36. The molecule has 11 heteroatoms. The van der Waals surface area contributed by atoms with E-state index in [0.717, 1.165) is 18.9 Å². The van der Waals surface area contributed by atoms with Gasteiger partial charge in [-0.1, -0.05) is 23.7 Å². The molecule has 1 saturated carbocycles. The number of rotatable bonds is 5. The van der Waals surface area contributed by atoms with Gasteiger partial charge in [-0.3, -0.25) is 0 Å². The molecule has 196 valence electrons. The molecule has 1 aliphatic carbocycles. The number of hydrogen-bond acceptors (Lipinski definition) is 4. The normalized spacial score (nSPS) is 24.5. The molecule has 2 saturated heterocycles. The number of benzene rings is 2. The Balaban J connectivity index is 1.33. The van der Waals surface area contributed by atoms with E-state index in [0.29, 0.717) is 53.9 Å². The maximum Gasteiger partial charge on any atom is 0.416 e. The molecule has 0 spiro atoms. The summed E-state index contributed by atoms with van der Waals surface area (Å²) in [5.74, 6) is 0.274. The van der Waals surface area contributed by atoms with Crippen LogP contribution in [0.25, 0.3) is 22.6 Å². The Bertz CT molecular complexity index is 1460. The van der Waals surface area contributed by atoms with Crippen LogP contribution in [0.5, 0.6) is 0 Å². The molecular weight excluding hydrogens is 527 g/mol. The fraction of sp³-hybridized carbons (Fsp3) is 0.423. The van der Waals surface area contributed by atoms with Crippen LogP contribution >= 0.6 is 11.6 Å². The van der Waals surface area contributed by atoms with Crippen LogP contribution in [0.3, 0.4) is 0 Å². The van der Waals surface area contributed by atoms with Gasteiger partial charge in [0.1, 0.15) is 10.7 Å². The molecule has 2 bridgehead atoms. The van der Waals surface area contributed by atoms with Gasteiger partial charge in [-0.05, 0) is 74.3 Å². The zero-order chi connectivity index (χ0) is 26.1. The highest BCUT2D eigenvalue weighted by Gasteiger charge is 2.47. The Labute approximate surface area is 217 Å². The second kappa shape index (κ2) is 8.83. The van der Waals surface area contributed by atoms with Crippen molar-refractivity contribution in [1.29, 1.82) is 0 Å². The first kappa shape index (κ1) is 24.9. The number of aliphatic hydroxyl groups excluding tert-OH is 1. The van der Waals surface area contributed by atoms with Crippen LogP contribution in [-0.2, 0) is 16.2 Å². The summed E-state index contributed by atoms with van der Waals surface area (Å²) in [5.41, 5.74) is 0.878. The number of sulfonamides is 1. The Kier molecular flexibility index (Phi) is 5.94. The number of fused-ring (bicyclic) bond motifs is 2. The third-order valence-corrected chi connectivity index (χ3v) is 10.2. The van der Waals surface area contributed by atoms with Gasteiger partial charge in [-0.25, -0.2) is 13.4 Å². The van der Waals surface area contributed by atoms with E-state index in [1.807, 2.05) is 0 Å². The fourth-order valence-corrected chi connectivity index (χ4v) is 8.19. The zero-order valence-corrected chi connectivity index (χ0v) is 21.2. The number of aromatic nitrogens is 2. The number of halogens is 4. The Morgan fingerprint density at radius 1 is 1.00 bits per heavy atom. The first-order chi connectivity index (χ1) is 17.5. The molecule has 0 amide bonds. The average Bonchev–Trinajstić information content (AvgIpc) is 3.49. The lowest BCUT2D eigenvalue weighted by Crippen LogP contribution is -2.47. The quantitative estimate of drug-likeness (QED) is 0.409. The summed E-state index contributed by atoms with van der Waals surface area (Å²) in [7, 11) is -3.93. The van der Waals surface area contributed by atoms with Gasteiger partial charge in [-0.2, -0.15) is 17.5 Å². The minimum Gasteiger partial charge on any atom is -0.393 e. The van der Waals surface area contributed by atoms with Crippen molar-refractivity contribution in [2.24, 2.45) is 0 Å². The predicted octanol–water partition coefficient (Wildman–Crippen LogP) is 5.97. The molecule has 2 aliphatic heterocycles. The van der Waals surface area contributed by atoms with Crippen LogP contribution in [0.2, 0.25) is 5.02 Å². The summed E-state index contributed by atoms with van der Waals surface area (Å²) < 4.78 is 69.9. The van der Waals surface area contributed by atoms with Crippen LogP contribution in [-0.4, -0.2) is 46.0 Å². The molecule has 37 heavy (non-hydrogen) atoms. The highest BCUT2D eigenvalue weighted by atomic mass is 35.5. The average molecular weight is 552 g/mol. The van der Waals surface area contributed by atoms with Crippen molar-refractivity contribution < 1.29 is 26.7 Å². The molecular formula is C26H25ClF3N3O3S. The molecule has 3 atom stereocenters. The number of nitrogens with zero attached hydrogens (tertiary/aromatic N) is 2. The summed E-state index contributed by atoms with van der Waals surface area (Å²) in [6.07, 6.45) is 0.177. The fourth-order valence-electron chi connectivity index (χ4n) is 5.79. The highest BCUT2D eigenvalue weighted by Crippen LogP contribution is 2.47. The van der Waals surface area contributed by atoms with Crippen LogP contribution in [0.4, 0.5) is 13.2 Å². The summed E-state index contributed by atoms with van der Waals surface area (Å²) in [5, 5.41) is 10.1. The predicted molar refractivity (Wildman–Crippen MR) is 133 cm³/mol. The van der Waals surface area contributed by atoms with Crippen molar-refractivity contribution >= 4 is 21.6 Å². The van der Waals surface area contributed by atoms with Crippen molar-refractivity contribution in [3.8, 4) is 22.6 Å². The standard InChI is InChI=1S/C26H25ClF3N3O3S/c27-22-8-4-16(10-24(22)37(35,36)33-17-5-6-18(33)12-19(34)11-17)25-31-13-23(32-25)15-3-7-20(14-1-2-14)21(9-15)26(28,29)30/h3-4,7-10,13-14,17-19,34H,1-2,5-6,11-12H2,(H,31,32)/t17-,18?,19+/m0/s1. The number of alkyl halides is 3. The van der Waals surface area contributed by atoms with Gasteiger partial charge in [0.25, 0.3) is 0 Å². The molecule has 6 rings (SSSR count). The Morgan fingerprint density at radius 3 is 2.32 bits per heavy atom. The first-order valence-corrected chi connectivity index (χ1v) is 14.1. The van der Waals surface area contributed by atoms with E-state index in [-0.39, 0.29) is 27.9 Å². The van der Waals surface area contributed by atoms with Gasteiger partial charge in [0.2, 0.25) is 10.0 Å².